The average molecular weight is 418 g/mol. The van der Waals surface area contributed by atoms with Crippen LogP contribution in [0, 0.1) is 12.8 Å². The molecule has 1 atom stereocenters. The van der Waals surface area contributed by atoms with Crippen molar-refractivity contribution in [1.82, 2.24) is 15.0 Å². The molecule has 1 aromatic carbocycles. The number of aromatic nitrogens is 3. The standard InChI is InChI=1S/C18H25N4O2.Y/c1-6-14(11-24-16-10-8-7-9-15(16)23-5)21-18-20-13(4)19-17(22-18)12(2)3;/h7-10,14H,6,11H2,1-5H3,(H,19,20,21,22);/q-1;. The summed E-state index contributed by atoms with van der Waals surface area (Å²) in [5.74, 6) is 4.50. The van der Waals surface area contributed by atoms with Gasteiger partial charge in [-0.15, -0.1) is 0 Å². The minimum Gasteiger partial charge on any atom is -0.493 e. The maximum Gasteiger partial charge on any atom is 0.223 e. The summed E-state index contributed by atoms with van der Waals surface area (Å²) in [5.41, 5.74) is 0. The van der Waals surface area contributed by atoms with Crippen LogP contribution >= 0.6 is 0 Å². The summed E-state index contributed by atoms with van der Waals surface area (Å²) in [4.78, 5) is 13.2. The van der Waals surface area contributed by atoms with Crippen LogP contribution in [0.2, 0.25) is 0 Å². The zero-order valence-corrected chi connectivity index (χ0v) is 18.4. The number of ether oxygens (including phenoxy) is 2. The van der Waals surface area contributed by atoms with Crippen LogP contribution in [0.1, 0.15) is 38.8 Å². The molecular weight excluding hydrogens is 393 g/mol. The predicted molar refractivity (Wildman–Crippen MR) is 94.4 cm³/mol. The second-order valence-electron chi connectivity index (χ2n) is 5.74. The number of anilines is 1. The second kappa shape index (κ2) is 10.6. The van der Waals surface area contributed by atoms with Gasteiger partial charge in [0.1, 0.15) is 12.4 Å². The Balaban J connectivity index is 0.00000312. The van der Waals surface area contributed by atoms with Crippen LogP contribution in [0.15, 0.2) is 24.3 Å². The van der Waals surface area contributed by atoms with Gasteiger partial charge in [-0.25, -0.2) is 4.98 Å². The van der Waals surface area contributed by atoms with Crippen LogP contribution in [0.5, 0.6) is 11.5 Å². The second-order valence-corrected chi connectivity index (χ2v) is 5.74. The van der Waals surface area contributed by atoms with Crippen LogP contribution < -0.4 is 14.8 Å². The topological polar surface area (TPSA) is 69.2 Å². The first kappa shape index (κ1) is 21.6. The van der Waals surface area contributed by atoms with Gasteiger partial charge in [0.2, 0.25) is 5.95 Å². The van der Waals surface area contributed by atoms with Crippen molar-refractivity contribution in [2.24, 2.45) is 0 Å². The Morgan fingerprint density at radius 2 is 1.80 bits per heavy atom. The van der Waals surface area contributed by atoms with E-state index in [1.54, 1.807) is 7.11 Å². The summed E-state index contributed by atoms with van der Waals surface area (Å²) >= 11 is 0. The molecule has 0 aliphatic heterocycles. The zero-order valence-electron chi connectivity index (χ0n) is 15.5. The predicted octanol–water partition coefficient (Wildman–Crippen LogP) is 3.42. The first-order valence-corrected chi connectivity index (χ1v) is 8.09. The summed E-state index contributed by atoms with van der Waals surface area (Å²) in [6, 6.07) is 7.70. The molecular formula is C18H25N4O2Y-. The Bertz CT molecular complexity index is 667. The fourth-order valence-corrected chi connectivity index (χ4v) is 2.14. The third-order valence-corrected chi connectivity index (χ3v) is 3.53. The molecule has 2 rings (SSSR count). The molecule has 6 nitrogen and oxygen atoms in total. The molecule has 25 heavy (non-hydrogen) atoms. The Labute approximate surface area is 175 Å². The first-order chi connectivity index (χ1) is 11.5. The molecule has 7 heteroatoms. The largest absolute Gasteiger partial charge is 0.493 e. The molecule has 1 heterocycles. The van der Waals surface area contributed by atoms with Crippen LogP contribution in [0.4, 0.5) is 5.95 Å². The van der Waals surface area contributed by atoms with Crippen molar-refractivity contribution in [1.29, 1.82) is 0 Å². The number of nitrogens with one attached hydrogen (secondary N) is 1. The smallest absolute Gasteiger partial charge is 0.223 e. The monoisotopic (exact) mass is 418 g/mol. The van der Waals surface area contributed by atoms with E-state index in [-0.39, 0.29) is 38.8 Å². The van der Waals surface area contributed by atoms with E-state index < -0.39 is 0 Å². The van der Waals surface area contributed by atoms with Crippen molar-refractivity contribution < 1.29 is 42.2 Å². The average Bonchev–Trinajstić information content (AvgIpc) is 2.58. The number of para-hydroxylation sites is 2. The quantitative estimate of drug-likeness (QED) is 0.663. The van der Waals surface area contributed by atoms with Crippen LogP contribution in [0.3, 0.4) is 0 Å². The Hall–Kier alpha value is -1.40. The van der Waals surface area contributed by atoms with E-state index in [1.165, 1.54) is 0 Å². The molecule has 0 fully saturated rings. The Morgan fingerprint density at radius 1 is 1.12 bits per heavy atom. The third-order valence-electron chi connectivity index (χ3n) is 3.53. The summed E-state index contributed by atoms with van der Waals surface area (Å²) < 4.78 is 11.2. The molecule has 0 aliphatic rings. The van der Waals surface area contributed by atoms with E-state index in [1.807, 2.05) is 45.0 Å². The van der Waals surface area contributed by atoms with Crippen LogP contribution in [-0.4, -0.2) is 34.7 Å². The molecule has 0 amide bonds. The van der Waals surface area contributed by atoms with Gasteiger partial charge in [0.05, 0.1) is 13.2 Å². The van der Waals surface area contributed by atoms with Gasteiger partial charge in [-0.2, -0.15) is 18.8 Å². The van der Waals surface area contributed by atoms with Crippen molar-refractivity contribution >= 4 is 5.95 Å². The molecule has 2 aromatic rings. The summed E-state index contributed by atoms with van der Waals surface area (Å²) in [6.07, 6.45) is 0.879. The number of nitrogens with zero attached hydrogens (tertiary/aromatic N) is 3. The van der Waals surface area contributed by atoms with E-state index in [0.717, 1.165) is 23.8 Å². The van der Waals surface area contributed by atoms with Gasteiger partial charge in [-0.05, 0) is 25.5 Å². The molecule has 1 radical (unpaired) electrons. The molecule has 0 bridgehead atoms. The number of rotatable bonds is 8. The molecule has 0 spiro atoms. The molecule has 1 aromatic heterocycles. The molecule has 0 saturated heterocycles. The number of hydrogen-bond donors (Lipinski definition) is 1. The van der Waals surface area contributed by atoms with Crippen molar-refractivity contribution in [2.45, 2.75) is 40.2 Å². The first-order valence-electron chi connectivity index (χ1n) is 8.09. The summed E-state index contributed by atoms with van der Waals surface area (Å²) in [6.45, 7) is 8.42. The Morgan fingerprint density at radius 3 is 2.40 bits per heavy atom. The van der Waals surface area contributed by atoms with E-state index in [0.29, 0.717) is 24.2 Å². The molecule has 0 aliphatic carbocycles. The van der Waals surface area contributed by atoms with Crippen LogP contribution in [-0.2, 0) is 32.7 Å². The molecule has 0 saturated carbocycles. The summed E-state index contributed by atoms with van der Waals surface area (Å²) in [7, 11) is 1.64. The van der Waals surface area contributed by atoms with Crippen LogP contribution in [0.25, 0.3) is 0 Å². The maximum absolute atomic E-state index is 5.90. The van der Waals surface area contributed by atoms with E-state index in [4.69, 9.17) is 9.47 Å². The SMILES string of the molecule is CCC(COc1ccccc1OC)Nc1nc(C)nc([C-](C)C)n1.[Y]. The number of methoxy groups -OCH3 is 1. The van der Waals surface area contributed by atoms with Gasteiger partial charge in [0, 0.05) is 38.5 Å². The molecule has 1 unspecified atom stereocenters. The maximum atomic E-state index is 5.90. The van der Waals surface area contributed by atoms with E-state index >= 15 is 0 Å². The van der Waals surface area contributed by atoms with Gasteiger partial charge in [0.15, 0.2) is 11.5 Å². The van der Waals surface area contributed by atoms with Crippen molar-refractivity contribution in [3.63, 3.8) is 0 Å². The fourth-order valence-electron chi connectivity index (χ4n) is 2.14. The van der Waals surface area contributed by atoms with Gasteiger partial charge in [-0.1, -0.05) is 19.1 Å². The molecule has 1 N–H and O–H groups in total. The Kier molecular flexibility index (Phi) is 9.15. The van der Waals surface area contributed by atoms with Crippen molar-refractivity contribution in [3.05, 3.63) is 41.8 Å². The number of benzene rings is 1. The van der Waals surface area contributed by atoms with Crippen molar-refractivity contribution in [2.75, 3.05) is 19.0 Å². The molecule has 133 valence electrons. The van der Waals surface area contributed by atoms with E-state index in [2.05, 4.69) is 27.2 Å². The summed E-state index contributed by atoms with van der Waals surface area (Å²) in [5, 5.41) is 3.33. The normalized spacial score (nSPS) is 11.2. The van der Waals surface area contributed by atoms with Gasteiger partial charge in [-0.3, -0.25) is 4.98 Å². The van der Waals surface area contributed by atoms with E-state index in [9.17, 15) is 0 Å². The minimum atomic E-state index is 0. The van der Waals surface area contributed by atoms with Gasteiger partial charge in [0.25, 0.3) is 0 Å². The zero-order chi connectivity index (χ0) is 17.5. The number of aryl methyl sites for hydroxylation is 1. The number of hydrogen-bond acceptors (Lipinski definition) is 6. The fraction of sp³-hybridized carbons (Fsp3) is 0.444. The third kappa shape index (κ3) is 6.44. The van der Waals surface area contributed by atoms with Crippen molar-refractivity contribution in [3.8, 4) is 11.5 Å². The minimum absolute atomic E-state index is 0. The van der Waals surface area contributed by atoms with Gasteiger partial charge < -0.3 is 20.7 Å². The van der Waals surface area contributed by atoms with Gasteiger partial charge >= 0.3 is 0 Å².